The van der Waals surface area contributed by atoms with Crippen molar-refractivity contribution in [3.63, 3.8) is 0 Å². The molecule has 29 heavy (non-hydrogen) atoms. The third kappa shape index (κ3) is 3.73. The summed E-state index contributed by atoms with van der Waals surface area (Å²) in [5.74, 6) is 0.310. The highest BCUT2D eigenvalue weighted by molar-refractivity contribution is 5.97. The van der Waals surface area contributed by atoms with Crippen molar-refractivity contribution < 1.29 is 13.9 Å². The van der Waals surface area contributed by atoms with Gasteiger partial charge in [0.05, 0.1) is 13.2 Å². The standard InChI is InChI=1S/C22H22FN3O3/c1-14-22(28)26(17-4-6-18(29-2)7-5-17)10-9-25(14)13-16-12-21(27)19-11-15(23)3-8-20(19)24-16/h3-8,11-12,14H,9-10,13H2,1-2H3,(H,24,27). The number of hydrogen-bond acceptors (Lipinski definition) is 4. The van der Waals surface area contributed by atoms with Gasteiger partial charge in [0.1, 0.15) is 11.6 Å². The molecule has 0 aliphatic carbocycles. The fourth-order valence-corrected chi connectivity index (χ4v) is 3.73. The number of benzene rings is 2. The number of carbonyl (C=O) groups excluding carboxylic acids is 1. The second-order valence-corrected chi connectivity index (χ2v) is 7.18. The summed E-state index contributed by atoms with van der Waals surface area (Å²) >= 11 is 0. The Labute approximate surface area is 167 Å². The number of ether oxygens (including phenoxy) is 1. The summed E-state index contributed by atoms with van der Waals surface area (Å²) in [6, 6.07) is 12.7. The molecule has 1 fully saturated rings. The van der Waals surface area contributed by atoms with Gasteiger partial charge >= 0.3 is 0 Å². The van der Waals surface area contributed by atoms with Crippen LogP contribution in [0.15, 0.2) is 53.3 Å². The maximum Gasteiger partial charge on any atom is 0.244 e. The highest BCUT2D eigenvalue weighted by atomic mass is 19.1. The lowest BCUT2D eigenvalue weighted by Gasteiger charge is -2.39. The van der Waals surface area contributed by atoms with Crippen LogP contribution in [0.5, 0.6) is 5.75 Å². The number of pyridine rings is 1. The van der Waals surface area contributed by atoms with E-state index in [0.29, 0.717) is 36.2 Å². The lowest BCUT2D eigenvalue weighted by atomic mass is 10.1. The molecule has 7 heteroatoms. The van der Waals surface area contributed by atoms with Crippen LogP contribution in [0.1, 0.15) is 12.6 Å². The van der Waals surface area contributed by atoms with E-state index in [2.05, 4.69) is 4.98 Å². The second-order valence-electron chi connectivity index (χ2n) is 7.18. The summed E-state index contributed by atoms with van der Waals surface area (Å²) in [5, 5.41) is 0.321. The number of anilines is 1. The third-order valence-corrected chi connectivity index (χ3v) is 5.39. The molecule has 150 valence electrons. The van der Waals surface area contributed by atoms with Gasteiger partial charge in [-0.1, -0.05) is 0 Å². The van der Waals surface area contributed by atoms with Crippen LogP contribution in [-0.4, -0.2) is 42.0 Å². The molecule has 1 saturated heterocycles. The summed E-state index contributed by atoms with van der Waals surface area (Å²) in [4.78, 5) is 32.3. The minimum absolute atomic E-state index is 0.00613. The van der Waals surface area contributed by atoms with Gasteiger partial charge < -0.3 is 14.6 Å². The van der Waals surface area contributed by atoms with Gasteiger partial charge in [0.15, 0.2) is 5.43 Å². The summed E-state index contributed by atoms with van der Waals surface area (Å²) in [6.45, 7) is 3.53. The van der Waals surface area contributed by atoms with Gasteiger partial charge in [-0.3, -0.25) is 14.5 Å². The molecule has 2 heterocycles. The quantitative estimate of drug-likeness (QED) is 0.738. The van der Waals surface area contributed by atoms with Crippen molar-refractivity contribution in [2.75, 3.05) is 25.1 Å². The topological polar surface area (TPSA) is 65.6 Å². The van der Waals surface area contributed by atoms with Crippen molar-refractivity contribution in [2.24, 2.45) is 0 Å². The number of H-pyrrole nitrogens is 1. The Bertz CT molecular complexity index is 1110. The van der Waals surface area contributed by atoms with Crippen LogP contribution in [0.3, 0.4) is 0 Å². The monoisotopic (exact) mass is 395 g/mol. The lowest BCUT2D eigenvalue weighted by Crippen LogP contribution is -2.55. The zero-order valence-electron chi connectivity index (χ0n) is 16.3. The van der Waals surface area contributed by atoms with Gasteiger partial charge in [-0.2, -0.15) is 0 Å². The smallest absolute Gasteiger partial charge is 0.244 e. The average Bonchev–Trinajstić information content (AvgIpc) is 2.72. The molecule has 0 radical (unpaired) electrons. The molecule has 1 unspecified atom stereocenters. The van der Waals surface area contributed by atoms with E-state index in [1.165, 1.54) is 18.2 Å². The van der Waals surface area contributed by atoms with E-state index in [0.717, 1.165) is 11.4 Å². The molecular formula is C22H22FN3O3. The molecule has 0 saturated carbocycles. The van der Waals surface area contributed by atoms with Crippen LogP contribution < -0.4 is 15.1 Å². The Kier molecular flexibility index (Phi) is 5.07. The van der Waals surface area contributed by atoms with E-state index in [9.17, 15) is 14.0 Å². The van der Waals surface area contributed by atoms with Gasteiger partial charge in [0, 0.05) is 48.0 Å². The normalized spacial score (nSPS) is 17.7. The van der Waals surface area contributed by atoms with E-state index in [-0.39, 0.29) is 17.4 Å². The molecule has 3 aromatic rings. The van der Waals surface area contributed by atoms with Gasteiger partial charge in [0.25, 0.3) is 0 Å². The predicted molar refractivity (Wildman–Crippen MR) is 110 cm³/mol. The molecule has 1 N–H and O–H groups in total. The van der Waals surface area contributed by atoms with Crippen molar-refractivity contribution in [2.45, 2.75) is 19.5 Å². The summed E-state index contributed by atoms with van der Waals surface area (Å²) < 4.78 is 18.6. The minimum atomic E-state index is -0.440. The van der Waals surface area contributed by atoms with Crippen molar-refractivity contribution >= 4 is 22.5 Å². The maximum absolute atomic E-state index is 13.4. The Balaban J connectivity index is 1.52. The van der Waals surface area contributed by atoms with Gasteiger partial charge in [-0.15, -0.1) is 0 Å². The molecule has 0 bridgehead atoms. The van der Waals surface area contributed by atoms with E-state index in [1.807, 2.05) is 36.1 Å². The second kappa shape index (κ2) is 7.67. The first-order valence-electron chi connectivity index (χ1n) is 9.47. The molecule has 6 nitrogen and oxygen atoms in total. The van der Waals surface area contributed by atoms with E-state index in [1.54, 1.807) is 18.1 Å². The van der Waals surface area contributed by atoms with Crippen LogP contribution in [0.4, 0.5) is 10.1 Å². The Morgan fingerprint density at radius 3 is 2.59 bits per heavy atom. The number of nitrogens with zero attached hydrogens (tertiary/aromatic N) is 2. The molecule has 2 aromatic carbocycles. The number of hydrogen-bond donors (Lipinski definition) is 1. The van der Waals surface area contributed by atoms with E-state index < -0.39 is 5.82 Å². The van der Waals surface area contributed by atoms with Crippen molar-refractivity contribution in [3.8, 4) is 5.75 Å². The predicted octanol–water partition coefficient (Wildman–Crippen LogP) is 2.91. The highest BCUT2D eigenvalue weighted by Crippen LogP contribution is 2.24. The fraction of sp³-hybridized carbons (Fsp3) is 0.273. The zero-order chi connectivity index (χ0) is 20.5. The maximum atomic E-state index is 13.4. The van der Waals surface area contributed by atoms with Gasteiger partial charge in [0.2, 0.25) is 5.91 Å². The number of aromatic nitrogens is 1. The van der Waals surface area contributed by atoms with Crippen molar-refractivity contribution in [1.29, 1.82) is 0 Å². The molecule has 0 spiro atoms. The van der Waals surface area contributed by atoms with Crippen molar-refractivity contribution in [3.05, 3.63) is 70.3 Å². The van der Waals surface area contributed by atoms with Crippen molar-refractivity contribution in [1.82, 2.24) is 9.88 Å². The summed E-state index contributed by atoms with van der Waals surface area (Å²) in [7, 11) is 1.61. The fourth-order valence-electron chi connectivity index (χ4n) is 3.73. The number of halogens is 1. The molecule has 4 rings (SSSR count). The number of rotatable bonds is 4. The SMILES string of the molecule is COc1ccc(N2CCN(Cc3cc(=O)c4cc(F)ccc4[nH]3)C(C)C2=O)cc1. The first-order valence-corrected chi connectivity index (χ1v) is 9.47. The summed E-state index contributed by atoms with van der Waals surface area (Å²) in [6.07, 6.45) is 0. The number of carbonyl (C=O) groups is 1. The van der Waals surface area contributed by atoms with Crippen LogP contribution in [0.25, 0.3) is 10.9 Å². The molecule has 1 atom stereocenters. The molecule has 1 amide bonds. The molecule has 1 aliphatic rings. The highest BCUT2D eigenvalue weighted by Gasteiger charge is 2.32. The van der Waals surface area contributed by atoms with E-state index >= 15 is 0 Å². The summed E-state index contributed by atoms with van der Waals surface area (Å²) in [5.41, 5.74) is 1.89. The minimum Gasteiger partial charge on any atom is -0.497 e. The Hall–Kier alpha value is -3.19. The first kappa shape index (κ1) is 19.1. The third-order valence-electron chi connectivity index (χ3n) is 5.39. The van der Waals surface area contributed by atoms with E-state index in [4.69, 9.17) is 4.74 Å². The molecule has 1 aliphatic heterocycles. The Morgan fingerprint density at radius 1 is 1.10 bits per heavy atom. The first-order chi connectivity index (χ1) is 14.0. The lowest BCUT2D eigenvalue weighted by molar-refractivity contribution is -0.125. The number of fused-ring (bicyclic) bond motifs is 1. The molecule has 1 aromatic heterocycles. The van der Waals surface area contributed by atoms with Crippen LogP contribution in [0, 0.1) is 5.82 Å². The van der Waals surface area contributed by atoms with Crippen LogP contribution >= 0.6 is 0 Å². The number of piperazine rings is 1. The number of methoxy groups -OCH3 is 1. The van der Waals surface area contributed by atoms with Gasteiger partial charge in [-0.05, 0) is 49.4 Å². The average molecular weight is 395 g/mol. The number of nitrogens with one attached hydrogen (secondary N) is 1. The number of amides is 1. The largest absolute Gasteiger partial charge is 0.497 e. The van der Waals surface area contributed by atoms with Crippen LogP contribution in [-0.2, 0) is 11.3 Å². The Morgan fingerprint density at radius 2 is 1.86 bits per heavy atom. The molecular weight excluding hydrogens is 373 g/mol. The van der Waals surface area contributed by atoms with Gasteiger partial charge in [-0.25, -0.2) is 4.39 Å². The zero-order valence-corrected chi connectivity index (χ0v) is 16.3. The van der Waals surface area contributed by atoms with Crippen LogP contribution in [0.2, 0.25) is 0 Å². The number of aromatic amines is 1.